The zero-order valence-corrected chi connectivity index (χ0v) is 17.6. The van der Waals surface area contributed by atoms with E-state index in [-0.39, 0.29) is 6.04 Å². The average molecular weight is 407 g/mol. The van der Waals surface area contributed by atoms with Gasteiger partial charge in [-0.2, -0.15) is 0 Å². The molecule has 0 radical (unpaired) electrons. The second-order valence-electron chi connectivity index (χ2n) is 7.64. The lowest BCUT2D eigenvalue weighted by molar-refractivity contribution is 0.127. The molecule has 4 rings (SSSR count). The molecule has 0 saturated carbocycles. The molecule has 0 amide bonds. The van der Waals surface area contributed by atoms with Gasteiger partial charge in [0.2, 0.25) is 0 Å². The first kappa shape index (κ1) is 20.0. The number of hydrogen-bond acceptors (Lipinski definition) is 3. The van der Waals surface area contributed by atoms with E-state index in [9.17, 15) is 0 Å². The van der Waals surface area contributed by atoms with Crippen LogP contribution in [0.4, 0.5) is 0 Å². The van der Waals surface area contributed by atoms with Gasteiger partial charge in [0.15, 0.2) is 0 Å². The van der Waals surface area contributed by atoms with E-state index in [0.29, 0.717) is 6.61 Å². The van der Waals surface area contributed by atoms with Crippen molar-refractivity contribution in [1.29, 1.82) is 0 Å². The highest BCUT2D eigenvalue weighted by molar-refractivity contribution is 6.30. The number of halogens is 1. The Kier molecular flexibility index (Phi) is 6.50. The Balaban J connectivity index is 1.59. The van der Waals surface area contributed by atoms with Crippen molar-refractivity contribution in [1.82, 2.24) is 9.80 Å². The number of rotatable bonds is 6. The molecule has 1 atom stereocenters. The van der Waals surface area contributed by atoms with Gasteiger partial charge in [0.1, 0.15) is 12.4 Å². The number of hydrogen-bond donors (Lipinski definition) is 0. The van der Waals surface area contributed by atoms with Gasteiger partial charge in [0.25, 0.3) is 0 Å². The van der Waals surface area contributed by atoms with Gasteiger partial charge in [-0.15, -0.1) is 0 Å². The Bertz CT molecular complexity index is 906. The second kappa shape index (κ2) is 9.45. The lowest BCUT2D eigenvalue weighted by atomic mass is 9.96. The summed E-state index contributed by atoms with van der Waals surface area (Å²) >= 11 is 6.15. The van der Waals surface area contributed by atoms with Gasteiger partial charge >= 0.3 is 0 Å². The molecule has 1 saturated heterocycles. The molecule has 1 unspecified atom stereocenters. The molecule has 3 nitrogen and oxygen atoms in total. The maximum Gasteiger partial charge on any atom is 0.120 e. The molecule has 0 N–H and O–H groups in total. The van der Waals surface area contributed by atoms with E-state index in [1.165, 1.54) is 16.7 Å². The van der Waals surface area contributed by atoms with Crippen LogP contribution in [0.5, 0.6) is 5.75 Å². The van der Waals surface area contributed by atoms with Crippen molar-refractivity contribution in [3.05, 3.63) is 101 Å². The minimum Gasteiger partial charge on any atom is -0.489 e. The van der Waals surface area contributed by atoms with Crippen molar-refractivity contribution >= 4 is 11.6 Å². The van der Waals surface area contributed by atoms with E-state index in [4.69, 9.17) is 16.3 Å². The quantitative estimate of drug-likeness (QED) is 0.555. The third-order valence-corrected chi connectivity index (χ3v) is 5.76. The SMILES string of the molecule is CN1CCN(C(c2ccc(Cl)cc2)c2cccc(OCc3ccccc3)c2)CC1. The van der Waals surface area contributed by atoms with Crippen LogP contribution >= 0.6 is 11.6 Å². The van der Waals surface area contributed by atoms with Gasteiger partial charge in [0, 0.05) is 31.2 Å². The van der Waals surface area contributed by atoms with Crippen LogP contribution in [-0.2, 0) is 6.61 Å². The standard InChI is InChI=1S/C25H27ClN2O/c1-27-14-16-28(17-15-27)25(21-10-12-23(26)13-11-21)22-8-5-9-24(18-22)29-19-20-6-3-2-4-7-20/h2-13,18,25H,14-17,19H2,1H3. The molecule has 1 aliphatic rings. The molecule has 0 aliphatic carbocycles. The Labute approximate surface area is 178 Å². The molecule has 4 heteroatoms. The average Bonchev–Trinajstić information content (AvgIpc) is 2.76. The second-order valence-corrected chi connectivity index (χ2v) is 8.08. The van der Waals surface area contributed by atoms with E-state index in [0.717, 1.165) is 37.0 Å². The lowest BCUT2D eigenvalue weighted by Crippen LogP contribution is -2.46. The van der Waals surface area contributed by atoms with Crippen LogP contribution in [0.1, 0.15) is 22.7 Å². The third kappa shape index (κ3) is 5.18. The summed E-state index contributed by atoms with van der Waals surface area (Å²) in [5.74, 6) is 0.902. The predicted molar refractivity (Wildman–Crippen MR) is 120 cm³/mol. The smallest absolute Gasteiger partial charge is 0.120 e. The molecule has 150 valence electrons. The lowest BCUT2D eigenvalue weighted by Gasteiger charge is -2.38. The van der Waals surface area contributed by atoms with Crippen LogP contribution < -0.4 is 4.74 Å². The van der Waals surface area contributed by atoms with Crippen molar-refractivity contribution in [3.63, 3.8) is 0 Å². The number of nitrogens with zero attached hydrogens (tertiary/aromatic N) is 2. The molecule has 1 fully saturated rings. The summed E-state index contributed by atoms with van der Waals surface area (Å²) in [6.07, 6.45) is 0. The third-order valence-electron chi connectivity index (χ3n) is 5.51. The molecule has 0 bridgehead atoms. The van der Waals surface area contributed by atoms with Crippen LogP contribution in [0, 0.1) is 0 Å². The summed E-state index contributed by atoms with van der Waals surface area (Å²) in [7, 11) is 2.19. The van der Waals surface area contributed by atoms with E-state index < -0.39 is 0 Å². The number of piperazine rings is 1. The zero-order chi connectivity index (χ0) is 20.1. The molecule has 0 spiro atoms. The number of likely N-dealkylation sites (N-methyl/N-ethyl adjacent to an activating group) is 1. The fourth-order valence-corrected chi connectivity index (χ4v) is 3.98. The summed E-state index contributed by atoms with van der Waals surface area (Å²) in [5.41, 5.74) is 3.69. The molecule has 0 aromatic heterocycles. The molecular weight excluding hydrogens is 380 g/mol. The van der Waals surface area contributed by atoms with Gasteiger partial charge in [-0.3, -0.25) is 4.90 Å². The van der Waals surface area contributed by atoms with Gasteiger partial charge < -0.3 is 9.64 Å². The fraction of sp³-hybridized carbons (Fsp3) is 0.280. The van der Waals surface area contributed by atoms with Crippen molar-refractivity contribution in [3.8, 4) is 5.75 Å². The highest BCUT2D eigenvalue weighted by Gasteiger charge is 2.25. The van der Waals surface area contributed by atoms with Crippen LogP contribution in [0.15, 0.2) is 78.9 Å². The summed E-state index contributed by atoms with van der Waals surface area (Å²) < 4.78 is 6.09. The predicted octanol–water partition coefficient (Wildman–Crippen LogP) is 5.26. The topological polar surface area (TPSA) is 15.7 Å². The van der Waals surface area contributed by atoms with E-state index in [1.54, 1.807) is 0 Å². The van der Waals surface area contributed by atoms with Crippen molar-refractivity contribution in [2.24, 2.45) is 0 Å². The Morgan fingerprint density at radius 3 is 2.28 bits per heavy atom. The maximum atomic E-state index is 6.15. The Morgan fingerprint density at radius 2 is 1.55 bits per heavy atom. The largest absolute Gasteiger partial charge is 0.489 e. The molecular formula is C25H27ClN2O. The number of ether oxygens (including phenoxy) is 1. The maximum absolute atomic E-state index is 6.15. The monoisotopic (exact) mass is 406 g/mol. The first-order valence-corrected chi connectivity index (χ1v) is 10.5. The molecule has 1 heterocycles. The van der Waals surface area contributed by atoms with E-state index in [1.807, 2.05) is 36.4 Å². The van der Waals surface area contributed by atoms with Crippen molar-refractivity contribution in [2.45, 2.75) is 12.6 Å². The molecule has 1 aliphatic heterocycles. The highest BCUT2D eigenvalue weighted by atomic mass is 35.5. The molecule has 3 aromatic rings. The Morgan fingerprint density at radius 1 is 0.828 bits per heavy atom. The van der Waals surface area contributed by atoms with Crippen LogP contribution in [0.25, 0.3) is 0 Å². The van der Waals surface area contributed by atoms with Gasteiger partial charge in [-0.05, 0) is 48.0 Å². The minimum atomic E-state index is 0.196. The van der Waals surface area contributed by atoms with Gasteiger partial charge in [-0.1, -0.05) is 66.2 Å². The van der Waals surface area contributed by atoms with E-state index in [2.05, 4.69) is 59.3 Å². The normalized spacial score (nSPS) is 16.5. The van der Waals surface area contributed by atoms with Crippen molar-refractivity contribution in [2.75, 3.05) is 33.2 Å². The highest BCUT2D eigenvalue weighted by Crippen LogP contribution is 2.32. The minimum absolute atomic E-state index is 0.196. The molecule has 3 aromatic carbocycles. The van der Waals surface area contributed by atoms with Crippen LogP contribution in [0.3, 0.4) is 0 Å². The van der Waals surface area contributed by atoms with Crippen LogP contribution in [-0.4, -0.2) is 43.0 Å². The first-order valence-electron chi connectivity index (χ1n) is 10.1. The van der Waals surface area contributed by atoms with Crippen LogP contribution in [0.2, 0.25) is 5.02 Å². The van der Waals surface area contributed by atoms with Crippen molar-refractivity contribution < 1.29 is 4.74 Å². The fourth-order valence-electron chi connectivity index (χ4n) is 3.85. The summed E-state index contributed by atoms with van der Waals surface area (Å²) in [4.78, 5) is 4.94. The summed E-state index contributed by atoms with van der Waals surface area (Å²) in [5, 5.41) is 0.769. The summed E-state index contributed by atoms with van der Waals surface area (Å²) in [6, 6.07) is 27.2. The van der Waals surface area contributed by atoms with E-state index >= 15 is 0 Å². The van der Waals surface area contributed by atoms with Gasteiger partial charge in [-0.25, -0.2) is 0 Å². The Hall–Kier alpha value is -2.33. The summed E-state index contributed by atoms with van der Waals surface area (Å²) in [6.45, 7) is 4.81. The van der Waals surface area contributed by atoms with Gasteiger partial charge in [0.05, 0.1) is 6.04 Å². The first-order chi connectivity index (χ1) is 14.2. The zero-order valence-electron chi connectivity index (χ0n) is 16.8. The number of benzene rings is 3. The molecule has 29 heavy (non-hydrogen) atoms.